The van der Waals surface area contributed by atoms with Crippen molar-refractivity contribution in [3.8, 4) is 0 Å². The number of piperidine rings is 1. The van der Waals surface area contributed by atoms with Crippen molar-refractivity contribution < 1.29 is 4.74 Å². The van der Waals surface area contributed by atoms with Crippen LogP contribution < -0.4 is 5.32 Å². The van der Waals surface area contributed by atoms with Crippen molar-refractivity contribution in [3.05, 3.63) is 29.3 Å². The maximum Gasteiger partial charge on any atom is 0.169 e. The smallest absolute Gasteiger partial charge is 0.169 e. The molecule has 0 aliphatic carbocycles. The zero-order valence-corrected chi connectivity index (χ0v) is 14.4. The fourth-order valence-electron chi connectivity index (χ4n) is 2.80. The fourth-order valence-corrected chi connectivity index (χ4v) is 4.16. The molecule has 1 aromatic carbocycles. The van der Waals surface area contributed by atoms with Gasteiger partial charge in [-0.25, -0.2) is 4.98 Å². The predicted molar refractivity (Wildman–Crippen MR) is 95.6 cm³/mol. The van der Waals surface area contributed by atoms with Crippen LogP contribution in [-0.4, -0.2) is 48.3 Å². The van der Waals surface area contributed by atoms with E-state index in [4.69, 9.17) is 21.9 Å². The molecule has 1 N–H and O–H groups in total. The van der Waals surface area contributed by atoms with Crippen molar-refractivity contribution in [3.63, 3.8) is 0 Å². The van der Waals surface area contributed by atoms with Crippen molar-refractivity contribution in [1.82, 2.24) is 15.2 Å². The number of methoxy groups -OCH3 is 1. The van der Waals surface area contributed by atoms with Gasteiger partial charge in [0.1, 0.15) is 0 Å². The van der Waals surface area contributed by atoms with Gasteiger partial charge in [0, 0.05) is 32.7 Å². The van der Waals surface area contributed by atoms with Crippen molar-refractivity contribution in [2.75, 3.05) is 33.4 Å². The van der Waals surface area contributed by atoms with Crippen LogP contribution in [0.1, 0.15) is 23.8 Å². The van der Waals surface area contributed by atoms with E-state index in [-0.39, 0.29) is 0 Å². The van der Waals surface area contributed by atoms with Crippen LogP contribution in [0.4, 0.5) is 0 Å². The quantitative estimate of drug-likeness (QED) is 0.687. The monoisotopic (exact) mass is 335 g/mol. The van der Waals surface area contributed by atoms with E-state index in [1.165, 1.54) is 16.1 Å². The van der Waals surface area contributed by atoms with Gasteiger partial charge in [-0.1, -0.05) is 12.1 Å². The first-order valence-corrected chi connectivity index (χ1v) is 8.87. The summed E-state index contributed by atoms with van der Waals surface area (Å²) in [5.74, 6) is 0.480. The van der Waals surface area contributed by atoms with Crippen molar-refractivity contribution in [2.24, 2.45) is 0 Å². The highest BCUT2D eigenvalue weighted by Crippen LogP contribution is 2.32. The Hall–Kier alpha value is -1.24. The Balaban J connectivity index is 1.66. The number of rotatable bonds is 4. The number of benzene rings is 1. The Bertz CT molecular complexity index is 610. The Kier molecular flexibility index (Phi) is 5.23. The number of aromatic nitrogens is 1. The minimum atomic E-state index is 0.480. The van der Waals surface area contributed by atoms with Crippen molar-refractivity contribution >= 4 is 38.9 Å². The van der Waals surface area contributed by atoms with Crippen LogP contribution in [0.15, 0.2) is 24.3 Å². The van der Waals surface area contributed by atoms with Crippen molar-refractivity contribution in [2.45, 2.75) is 18.8 Å². The second kappa shape index (κ2) is 7.35. The van der Waals surface area contributed by atoms with E-state index < -0.39 is 0 Å². The summed E-state index contributed by atoms with van der Waals surface area (Å²) in [7, 11) is 1.70. The molecule has 2 aromatic rings. The molecular formula is C16H21N3OS2. The first-order chi connectivity index (χ1) is 10.8. The number of likely N-dealkylation sites (tertiary alicyclic amines) is 1. The average Bonchev–Trinajstić information content (AvgIpc) is 2.99. The Morgan fingerprint density at radius 1 is 1.50 bits per heavy atom. The van der Waals surface area contributed by atoms with Crippen LogP contribution in [0.2, 0.25) is 0 Å². The van der Waals surface area contributed by atoms with E-state index in [1.54, 1.807) is 7.11 Å². The van der Waals surface area contributed by atoms with Crippen molar-refractivity contribution in [1.29, 1.82) is 0 Å². The van der Waals surface area contributed by atoms with Gasteiger partial charge < -0.3 is 15.0 Å². The molecule has 0 spiro atoms. The molecule has 1 aliphatic heterocycles. The lowest BCUT2D eigenvalue weighted by molar-refractivity contribution is 0.202. The summed E-state index contributed by atoms with van der Waals surface area (Å²) in [6.07, 6.45) is 2.35. The van der Waals surface area contributed by atoms with Crippen LogP contribution in [0, 0.1) is 0 Å². The molecule has 22 heavy (non-hydrogen) atoms. The molecule has 1 aliphatic rings. The summed E-state index contributed by atoms with van der Waals surface area (Å²) in [5.41, 5.74) is 1.11. The third-order valence-electron chi connectivity index (χ3n) is 3.95. The molecule has 2 heterocycles. The van der Waals surface area contributed by atoms with Gasteiger partial charge in [-0.05, 0) is 37.2 Å². The van der Waals surface area contributed by atoms with E-state index in [1.807, 2.05) is 17.4 Å². The number of hydrogen-bond acceptors (Lipinski definition) is 4. The maximum absolute atomic E-state index is 5.50. The zero-order valence-electron chi connectivity index (χ0n) is 12.7. The summed E-state index contributed by atoms with van der Waals surface area (Å²) in [4.78, 5) is 7.08. The lowest BCUT2D eigenvalue weighted by Crippen LogP contribution is -2.45. The van der Waals surface area contributed by atoms with Gasteiger partial charge in [0.15, 0.2) is 5.11 Å². The van der Waals surface area contributed by atoms with E-state index in [2.05, 4.69) is 28.4 Å². The SMILES string of the molecule is COCCNC(=S)N1CCC[C@@H](c2nc3ccccc3s2)C1. The van der Waals surface area contributed by atoms with Gasteiger partial charge in [-0.15, -0.1) is 11.3 Å². The molecule has 0 unspecified atom stereocenters. The average molecular weight is 335 g/mol. The number of para-hydroxylation sites is 1. The molecule has 0 amide bonds. The minimum Gasteiger partial charge on any atom is -0.383 e. The molecule has 4 nitrogen and oxygen atoms in total. The summed E-state index contributed by atoms with van der Waals surface area (Å²) in [5, 5.41) is 5.34. The third kappa shape index (κ3) is 3.56. The molecule has 118 valence electrons. The van der Waals surface area contributed by atoms with E-state index in [0.29, 0.717) is 12.5 Å². The molecule has 1 fully saturated rings. The summed E-state index contributed by atoms with van der Waals surface area (Å²) in [6, 6.07) is 8.36. The highest BCUT2D eigenvalue weighted by atomic mass is 32.1. The van der Waals surface area contributed by atoms with Gasteiger partial charge in [0.2, 0.25) is 0 Å². The van der Waals surface area contributed by atoms with E-state index >= 15 is 0 Å². The normalized spacial score (nSPS) is 18.6. The molecule has 1 atom stereocenters. The number of ether oxygens (including phenoxy) is 1. The second-order valence-electron chi connectivity index (χ2n) is 5.53. The highest BCUT2D eigenvalue weighted by Gasteiger charge is 2.25. The van der Waals surface area contributed by atoms with Gasteiger partial charge in [0.05, 0.1) is 21.8 Å². The van der Waals surface area contributed by atoms with Crippen LogP contribution in [-0.2, 0) is 4.74 Å². The molecule has 0 saturated carbocycles. The number of nitrogens with one attached hydrogen (secondary N) is 1. The van der Waals surface area contributed by atoms with Crippen LogP contribution in [0.3, 0.4) is 0 Å². The van der Waals surface area contributed by atoms with Crippen LogP contribution >= 0.6 is 23.6 Å². The van der Waals surface area contributed by atoms with Gasteiger partial charge in [0.25, 0.3) is 0 Å². The summed E-state index contributed by atoms with van der Waals surface area (Å²) in [6.45, 7) is 3.42. The lowest BCUT2D eigenvalue weighted by atomic mass is 9.99. The number of nitrogens with zero attached hydrogens (tertiary/aromatic N) is 2. The molecule has 6 heteroatoms. The van der Waals surface area contributed by atoms with Gasteiger partial charge >= 0.3 is 0 Å². The van der Waals surface area contributed by atoms with Gasteiger partial charge in [-0.3, -0.25) is 0 Å². The maximum atomic E-state index is 5.50. The molecule has 0 bridgehead atoms. The third-order valence-corrected chi connectivity index (χ3v) is 5.55. The topological polar surface area (TPSA) is 37.4 Å². The van der Waals surface area contributed by atoms with Gasteiger partial charge in [-0.2, -0.15) is 0 Å². The molecular weight excluding hydrogens is 314 g/mol. The van der Waals surface area contributed by atoms with E-state index in [9.17, 15) is 0 Å². The molecule has 3 rings (SSSR count). The lowest BCUT2D eigenvalue weighted by Gasteiger charge is -2.33. The predicted octanol–water partition coefficient (Wildman–Crippen LogP) is 3.00. The largest absolute Gasteiger partial charge is 0.383 e. The van der Waals surface area contributed by atoms with E-state index in [0.717, 1.165) is 36.7 Å². The molecule has 1 aromatic heterocycles. The molecule has 0 radical (unpaired) electrons. The zero-order chi connectivity index (χ0) is 15.4. The number of hydrogen-bond donors (Lipinski definition) is 1. The summed E-state index contributed by atoms with van der Waals surface area (Å²) >= 11 is 7.31. The minimum absolute atomic E-state index is 0.480. The highest BCUT2D eigenvalue weighted by molar-refractivity contribution is 7.80. The second-order valence-corrected chi connectivity index (χ2v) is 6.98. The molecule has 1 saturated heterocycles. The Labute approximate surface area is 140 Å². The number of thiazole rings is 1. The summed E-state index contributed by atoms with van der Waals surface area (Å²) < 4.78 is 6.33. The first kappa shape index (κ1) is 15.6. The first-order valence-electron chi connectivity index (χ1n) is 7.65. The van der Waals surface area contributed by atoms with Crippen LogP contribution in [0.5, 0.6) is 0 Å². The Morgan fingerprint density at radius 2 is 2.36 bits per heavy atom. The van der Waals surface area contributed by atoms with Crippen LogP contribution in [0.25, 0.3) is 10.2 Å². The Morgan fingerprint density at radius 3 is 3.18 bits per heavy atom. The fraction of sp³-hybridized carbons (Fsp3) is 0.500. The standard InChI is InChI=1S/C16H21N3OS2/c1-20-10-8-17-16(21)19-9-4-5-12(11-19)15-18-13-6-2-3-7-14(13)22-15/h2-3,6-7,12H,4-5,8-11H2,1H3,(H,17,21)/t12-/m1/s1. The number of thiocarbonyl (C=S) groups is 1. The number of fused-ring (bicyclic) bond motifs is 1.